The fourth-order valence-electron chi connectivity index (χ4n) is 3.58. The highest BCUT2D eigenvalue weighted by molar-refractivity contribution is 7.91. The Morgan fingerprint density at radius 2 is 1.79 bits per heavy atom. The number of nitrogens with zero attached hydrogens (tertiary/aromatic N) is 2. The zero-order valence-corrected chi connectivity index (χ0v) is 18.1. The van der Waals surface area contributed by atoms with Crippen molar-refractivity contribution in [2.75, 3.05) is 18.8 Å². The number of benzene rings is 2. The summed E-state index contributed by atoms with van der Waals surface area (Å²) >= 11 is 7.53. The predicted molar refractivity (Wildman–Crippen MR) is 116 cm³/mol. The zero-order chi connectivity index (χ0) is 20.4. The van der Waals surface area contributed by atoms with Gasteiger partial charge in [-0.1, -0.05) is 23.7 Å². The fraction of sp³-hybridized carbons (Fsp3) is 0.333. The molecule has 8 heteroatoms. The second kappa shape index (κ2) is 8.42. The molecule has 0 N–H and O–H groups in total. The molecule has 1 saturated heterocycles. The Morgan fingerprint density at radius 3 is 2.48 bits per heavy atom. The van der Waals surface area contributed by atoms with E-state index in [1.165, 1.54) is 16.8 Å². The Bertz CT molecular complexity index is 1090. The quantitative estimate of drug-likeness (QED) is 0.575. The van der Waals surface area contributed by atoms with Crippen molar-refractivity contribution in [3.63, 3.8) is 0 Å². The average Bonchev–Trinajstić information content (AvgIpc) is 3.17. The summed E-state index contributed by atoms with van der Waals surface area (Å²) in [5, 5.41) is 1.61. The van der Waals surface area contributed by atoms with Gasteiger partial charge in [-0.15, -0.1) is 11.3 Å². The van der Waals surface area contributed by atoms with Gasteiger partial charge in [0, 0.05) is 30.5 Å². The third-order valence-corrected chi connectivity index (χ3v) is 8.45. The lowest BCUT2D eigenvalue weighted by Crippen LogP contribution is -2.38. The van der Waals surface area contributed by atoms with Crippen LogP contribution < -0.4 is 0 Å². The Balaban J connectivity index is 1.32. The highest BCUT2D eigenvalue weighted by Gasteiger charge is 2.27. The standard InChI is InChI=1S/C21H21ClN2O3S2/c22-16-5-7-17(8-6-16)29(26,27)14-11-20(25)24-12-9-15(10-13-24)21-23-18-3-1-2-4-19(18)28-21/h1-8,15H,9-14H2. The Hall–Kier alpha value is -1.96. The maximum absolute atomic E-state index is 12.5. The van der Waals surface area contributed by atoms with E-state index in [1.807, 2.05) is 18.2 Å². The number of aromatic nitrogens is 1. The molecule has 1 amide bonds. The van der Waals surface area contributed by atoms with Crippen molar-refractivity contribution >= 4 is 48.9 Å². The zero-order valence-electron chi connectivity index (χ0n) is 15.8. The minimum atomic E-state index is -3.49. The lowest BCUT2D eigenvalue weighted by Gasteiger charge is -2.31. The minimum Gasteiger partial charge on any atom is -0.343 e. The van der Waals surface area contributed by atoms with Crippen LogP contribution in [-0.2, 0) is 14.6 Å². The predicted octanol–water partition coefficient (Wildman–Crippen LogP) is 4.52. The van der Waals surface area contributed by atoms with Gasteiger partial charge in [-0.25, -0.2) is 13.4 Å². The highest BCUT2D eigenvalue weighted by Crippen LogP contribution is 2.34. The molecule has 1 aliphatic rings. The van der Waals surface area contributed by atoms with E-state index >= 15 is 0 Å². The Kier molecular flexibility index (Phi) is 5.90. The van der Waals surface area contributed by atoms with E-state index < -0.39 is 9.84 Å². The van der Waals surface area contributed by atoms with Gasteiger partial charge in [0.1, 0.15) is 0 Å². The topological polar surface area (TPSA) is 67.3 Å². The number of likely N-dealkylation sites (tertiary alicyclic amines) is 1. The van der Waals surface area contributed by atoms with Crippen molar-refractivity contribution in [1.29, 1.82) is 0 Å². The van der Waals surface area contributed by atoms with Crippen molar-refractivity contribution in [1.82, 2.24) is 9.88 Å². The van der Waals surface area contributed by atoms with Crippen LogP contribution in [0, 0.1) is 0 Å². The van der Waals surface area contributed by atoms with Gasteiger partial charge < -0.3 is 4.90 Å². The molecule has 2 aromatic carbocycles. The van der Waals surface area contributed by atoms with E-state index in [4.69, 9.17) is 16.6 Å². The first-order valence-electron chi connectivity index (χ1n) is 9.54. The minimum absolute atomic E-state index is 0.00321. The molecule has 1 fully saturated rings. The summed E-state index contributed by atoms with van der Waals surface area (Å²) in [5.41, 5.74) is 1.03. The molecule has 0 radical (unpaired) electrons. The van der Waals surface area contributed by atoms with Gasteiger partial charge >= 0.3 is 0 Å². The molecular formula is C21H21ClN2O3S2. The van der Waals surface area contributed by atoms with Crippen molar-refractivity contribution in [2.24, 2.45) is 0 Å². The van der Waals surface area contributed by atoms with Gasteiger partial charge in [0.2, 0.25) is 5.91 Å². The van der Waals surface area contributed by atoms with Crippen LogP contribution in [0.15, 0.2) is 53.4 Å². The van der Waals surface area contributed by atoms with Gasteiger partial charge in [-0.3, -0.25) is 4.79 Å². The molecule has 0 bridgehead atoms. The van der Waals surface area contributed by atoms with Crippen LogP contribution >= 0.6 is 22.9 Å². The molecule has 0 aliphatic carbocycles. The molecule has 1 aromatic heterocycles. The van der Waals surface area contributed by atoms with Crippen LogP contribution in [0.4, 0.5) is 0 Å². The van der Waals surface area contributed by atoms with Gasteiger partial charge in [0.15, 0.2) is 9.84 Å². The van der Waals surface area contributed by atoms with Gasteiger partial charge in [-0.05, 0) is 49.2 Å². The lowest BCUT2D eigenvalue weighted by molar-refractivity contribution is -0.131. The lowest BCUT2D eigenvalue weighted by atomic mass is 9.97. The third kappa shape index (κ3) is 4.63. The number of piperidine rings is 1. The molecule has 0 atom stereocenters. The van der Waals surface area contributed by atoms with Crippen molar-refractivity contribution in [2.45, 2.75) is 30.1 Å². The Labute approximate surface area is 179 Å². The van der Waals surface area contributed by atoms with Crippen LogP contribution in [0.25, 0.3) is 10.2 Å². The third-order valence-electron chi connectivity index (χ3n) is 5.26. The van der Waals surface area contributed by atoms with Gasteiger partial charge in [0.05, 0.1) is 25.9 Å². The molecule has 29 heavy (non-hydrogen) atoms. The Morgan fingerprint density at radius 1 is 1.10 bits per heavy atom. The number of carbonyl (C=O) groups excluding carboxylic acids is 1. The number of fused-ring (bicyclic) bond motifs is 1. The van der Waals surface area contributed by atoms with Gasteiger partial charge in [-0.2, -0.15) is 0 Å². The second-order valence-electron chi connectivity index (χ2n) is 7.20. The van der Waals surface area contributed by atoms with Crippen LogP contribution in [0.2, 0.25) is 5.02 Å². The first-order chi connectivity index (χ1) is 13.9. The first-order valence-corrected chi connectivity index (χ1v) is 12.4. The van der Waals surface area contributed by atoms with Crippen molar-refractivity contribution in [3.8, 4) is 0 Å². The van der Waals surface area contributed by atoms with Crippen LogP contribution in [0.3, 0.4) is 0 Å². The maximum Gasteiger partial charge on any atom is 0.223 e. The number of sulfone groups is 1. The average molecular weight is 449 g/mol. The monoisotopic (exact) mass is 448 g/mol. The van der Waals surface area contributed by atoms with E-state index in [1.54, 1.807) is 28.4 Å². The molecule has 152 valence electrons. The van der Waals surface area contributed by atoms with Crippen molar-refractivity contribution < 1.29 is 13.2 Å². The number of hydrogen-bond acceptors (Lipinski definition) is 5. The SMILES string of the molecule is O=C(CCS(=O)(=O)c1ccc(Cl)cc1)N1CCC(c2nc3ccccc3s2)CC1. The molecular weight excluding hydrogens is 428 g/mol. The number of halogens is 1. The van der Waals surface area contributed by atoms with E-state index in [-0.39, 0.29) is 23.0 Å². The maximum atomic E-state index is 12.5. The van der Waals surface area contributed by atoms with E-state index in [0.29, 0.717) is 24.0 Å². The molecule has 2 heterocycles. The number of rotatable bonds is 5. The molecule has 0 saturated carbocycles. The van der Waals surface area contributed by atoms with Crippen LogP contribution in [0.1, 0.15) is 30.2 Å². The largest absolute Gasteiger partial charge is 0.343 e. The number of para-hydroxylation sites is 1. The van der Waals surface area contributed by atoms with Gasteiger partial charge in [0.25, 0.3) is 0 Å². The van der Waals surface area contributed by atoms with Crippen LogP contribution in [0.5, 0.6) is 0 Å². The molecule has 0 spiro atoms. The second-order valence-corrected chi connectivity index (χ2v) is 10.8. The van der Waals surface area contributed by atoms with E-state index in [9.17, 15) is 13.2 Å². The summed E-state index contributed by atoms with van der Waals surface area (Å²) in [6.45, 7) is 1.28. The molecule has 0 unspecified atom stereocenters. The molecule has 1 aliphatic heterocycles. The molecule has 5 nitrogen and oxygen atoms in total. The smallest absolute Gasteiger partial charge is 0.223 e. The number of carbonyl (C=O) groups is 1. The fourth-order valence-corrected chi connectivity index (χ4v) is 6.07. The van der Waals surface area contributed by atoms with E-state index in [2.05, 4.69) is 6.07 Å². The molecule has 3 aromatic rings. The normalized spacial score (nSPS) is 15.7. The summed E-state index contributed by atoms with van der Waals surface area (Å²) in [6.07, 6.45) is 1.71. The number of amides is 1. The summed E-state index contributed by atoms with van der Waals surface area (Å²) in [6, 6.07) is 14.2. The highest BCUT2D eigenvalue weighted by atomic mass is 35.5. The summed E-state index contributed by atoms with van der Waals surface area (Å²) < 4.78 is 26.1. The van der Waals surface area contributed by atoms with Crippen LogP contribution in [-0.4, -0.2) is 43.1 Å². The summed E-state index contributed by atoms with van der Waals surface area (Å²) in [5.74, 6) is 0.0604. The van der Waals surface area contributed by atoms with Crippen molar-refractivity contribution in [3.05, 3.63) is 58.6 Å². The van der Waals surface area contributed by atoms with E-state index in [0.717, 1.165) is 23.4 Å². The number of thiazole rings is 1. The summed E-state index contributed by atoms with van der Waals surface area (Å²) in [4.78, 5) is 19.3. The first kappa shape index (κ1) is 20.3. The summed E-state index contributed by atoms with van der Waals surface area (Å²) in [7, 11) is -3.49. The molecule has 4 rings (SSSR count). The number of hydrogen-bond donors (Lipinski definition) is 0.